The molecule has 8 amide bonds. The van der Waals surface area contributed by atoms with Crippen LogP contribution >= 0.6 is 0 Å². The SMILES string of the molecule is CCC[C@@H](NC(=O)[C@@H]1[C@H]2CCC[C@H]2CN1C(=O)[C@@H](NC(=O)[C@@H](NC(=O)c1cnc(C2CCCC(Cc3cccc(C(=O)NC4CCC(=O)NC4=O)n3)C2)cn1)C1CCCCC1)C(C)(C)C)C(=O)C(=O)NC1CC1. The van der Waals surface area contributed by atoms with Gasteiger partial charge in [-0.1, -0.05) is 78.7 Å². The molecule has 19 heteroatoms. The van der Waals surface area contributed by atoms with Crippen molar-refractivity contribution in [3.8, 4) is 0 Å². The molecule has 6 aliphatic rings. The molecule has 4 saturated carbocycles. The largest absolute Gasteiger partial charge is 0.347 e. The number of carbonyl (C=O) groups is 9. The third kappa shape index (κ3) is 13.2. The smallest absolute Gasteiger partial charge is 0.289 e. The summed E-state index contributed by atoms with van der Waals surface area (Å²) < 4.78 is 0. The van der Waals surface area contributed by atoms with Gasteiger partial charge in [0, 0.05) is 36.8 Å². The predicted octanol–water partition coefficient (Wildman–Crippen LogP) is 3.89. The van der Waals surface area contributed by atoms with Gasteiger partial charge in [0.25, 0.3) is 17.7 Å². The third-order valence-corrected chi connectivity index (χ3v) is 16.1. The number of carbonyl (C=O) groups excluding carboxylic acids is 9. The zero-order valence-corrected chi connectivity index (χ0v) is 42.8. The summed E-state index contributed by atoms with van der Waals surface area (Å²) in [5, 5.41) is 16.6. The van der Waals surface area contributed by atoms with Crippen molar-refractivity contribution in [2.75, 3.05) is 6.54 Å². The number of hydrogen-bond donors (Lipinski definition) is 6. The second kappa shape index (κ2) is 23.4. The molecule has 4 aliphatic carbocycles. The van der Waals surface area contributed by atoms with E-state index in [0.29, 0.717) is 32.2 Å². The van der Waals surface area contributed by atoms with Gasteiger partial charge >= 0.3 is 0 Å². The quantitative estimate of drug-likeness (QED) is 0.0918. The summed E-state index contributed by atoms with van der Waals surface area (Å²) in [5.41, 5.74) is 0.963. The maximum atomic E-state index is 14.9. The fourth-order valence-corrected chi connectivity index (χ4v) is 11.9. The van der Waals surface area contributed by atoms with Crippen molar-refractivity contribution >= 4 is 53.0 Å². The van der Waals surface area contributed by atoms with E-state index in [1.54, 1.807) is 23.2 Å². The van der Waals surface area contributed by atoms with Gasteiger partial charge in [0.05, 0.1) is 17.9 Å². The van der Waals surface area contributed by atoms with E-state index in [1.807, 2.05) is 33.8 Å². The molecule has 6 fully saturated rings. The van der Waals surface area contributed by atoms with Crippen LogP contribution in [-0.4, -0.2) is 116 Å². The van der Waals surface area contributed by atoms with Crippen LogP contribution in [0.1, 0.15) is 182 Å². The van der Waals surface area contributed by atoms with Crippen LogP contribution in [0.4, 0.5) is 0 Å². The molecule has 0 radical (unpaired) electrons. The standard InChI is InChI=1S/C54H74N10O9/c1-5-12-37(45(66)52(72)58-34-21-22-34)59-51(71)44-36-19-10-17-33(36)29-64(44)53(73)46(54(2,3)4)63-50(70)43(31-14-7-6-8-15-31)62-49(69)41-28-55-40(27-56-41)32-16-9-13-30(25-32)26-35-18-11-20-38(57-35)47(67)60-39-23-24-42(65)61-48(39)68/h11,18,20,27-28,30-34,36-37,39,43-44,46H,5-10,12-17,19,21-26,29H2,1-4H3,(H,58,72)(H,59,71)(H,60,67)(H,62,69)(H,63,70)(H,61,65,68)/t30?,32?,33-,36-,37+,39?,43-,44-,46+/m0/s1. The van der Waals surface area contributed by atoms with E-state index in [-0.39, 0.29) is 72.2 Å². The molecule has 8 rings (SSSR count). The lowest BCUT2D eigenvalue weighted by molar-refractivity contribution is -0.146. The number of ketones is 1. The van der Waals surface area contributed by atoms with Gasteiger partial charge in [0.2, 0.25) is 35.3 Å². The Kier molecular flexibility index (Phi) is 17.0. The topological polar surface area (TPSA) is 268 Å². The normalized spacial score (nSPS) is 25.6. The van der Waals surface area contributed by atoms with Crippen molar-refractivity contribution in [1.29, 1.82) is 0 Å². The summed E-state index contributed by atoms with van der Waals surface area (Å²) >= 11 is 0. The summed E-state index contributed by atoms with van der Waals surface area (Å²) in [6.45, 7) is 7.79. The molecule has 4 heterocycles. The maximum Gasteiger partial charge on any atom is 0.289 e. The molecule has 3 unspecified atom stereocenters. The van der Waals surface area contributed by atoms with Crippen LogP contribution in [0.2, 0.25) is 0 Å². The highest BCUT2D eigenvalue weighted by Crippen LogP contribution is 2.43. The second-order valence-electron chi connectivity index (χ2n) is 22.7. The molecule has 73 heavy (non-hydrogen) atoms. The first kappa shape index (κ1) is 53.2. The highest BCUT2D eigenvalue weighted by Gasteiger charge is 2.52. The summed E-state index contributed by atoms with van der Waals surface area (Å²) in [7, 11) is 0. The van der Waals surface area contributed by atoms with Gasteiger partial charge in [0.1, 0.15) is 35.6 Å². The van der Waals surface area contributed by atoms with Gasteiger partial charge in [-0.05, 0) is 112 Å². The molecule has 2 aromatic heterocycles. The van der Waals surface area contributed by atoms with E-state index in [9.17, 15) is 43.2 Å². The summed E-state index contributed by atoms with van der Waals surface area (Å²) in [6.07, 6.45) is 16.9. The van der Waals surface area contributed by atoms with Gasteiger partial charge in [-0.15, -0.1) is 0 Å². The van der Waals surface area contributed by atoms with Gasteiger partial charge < -0.3 is 31.5 Å². The molecule has 9 atom stereocenters. The van der Waals surface area contributed by atoms with Gasteiger partial charge in [0.15, 0.2) is 0 Å². The molecule has 19 nitrogen and oxygen atoms in total. The van der Waals surface area contributed by atoms with Gasteiger partial charge in [-0.2, -0.15) is 0 Å². The first-order valence-electron chi connectivity index (χ1n) is 27.0. The first-order valence-corrected chi connectivity index (χ1v) is 27.0. The number of hydrogen-bond acceptors (Lipinski definition) is 12. The Hall–Kier alpha value is -6.14. The van der Waals surface area contributed by atoms with E-state index < -0.39 is 82.8 Å². The lowest BCUT2D eigenvalue weighted by Crippen LogP contribution is -2.62. The molecule has 2 aliphatic heterocycles. The van der Waals surface area contributed by atoms with E-state index in [2.05, 4.69) is 41.9 Å². The van der Waals surface area contributed by atoms with Crippen LogP contribution in [-0.2, 0) is 40.0 Å². The summed E-state index contributed by atoms with van der Waals surface area (Å²) in [6, 6.07) is 0.511. The molecule has 0 spiro atoms. The van der Waals surface area contributed by atoms with Crippen molar-refractivity contribution in [1.82, 2.24) is 51.8 Å². The minimum absolute atomic E-state index is 0.0149. The van der Waals surface area contributed by atoms with Gasteiger partial charge in [-0.25, -0.2) is 9.97 Å². The maximum absolute atomic E-state index is 14.9. The number of rotatable bonds is 18. The van der Waals surface area contributed by atoms with Crippen molar-refractivity contribution in [2.24, 2.45) is 29.1 Å². The predicted molar refractivity (Wildman–Crippen MR) is 267 cm³/mol. The molecular weight excluding hydrogens is 933 g/mol. The van der Waals surface area contributed by atoms with E-state index in [4.69, 9.17) is 4.98 Å². The summed E-state index contributed by atoms with van der Waals surface area (Å²) in [5.74, 6) is -4.58. The van der Waals surface area contributed by atoms with E-state index >= 15 is 0 Å². The lowest BCUT2D eigenvalue weighted by atomic mass is 9.78. The Morgan fingerprint density at radius 2 is 1.56 bits per heavy atom. The van der Waals surface area contributed by atoms with Crippen LogP contribution in [0.3, 0.4) is 0 Å². The van der Waals surface area contributed by atoms with Crippen LogP contribution in [0.25, 0.3) is 0 Å². The zero-order chi connectivity index (χ0) is 52.0. The Bertz CT molecular complexity index is 2410. The number of pyridine rings is 1. The van der Waals surface area contributed by atoms with Crippen molar-refractivity contribution in [2.45, 2.75) is 192 Å². The Balaban J connectivity index is 0.912. The Labute approximate surface area is 427 Å². The fourth-order valence-electron chi connectivity index (χ4n) is 11.9. The minimum Gasteiger partial charge on any atom is -0.347 e. The average Bonchev–Trinajstić information content (AvgIpc) is 3.94. The Morgan fingerprint density at radius 3 is 2.26 bits per heavy atom. The van der Waals surface area contributed by atoms with Crippen LogP contribution < -0.4 is 31.9 Å². The average molecular weight is 1010 g/mol. The molecule has 2 saturated heterocycles. The number of nitrogens with one attached hydrogen (secondary N) is 6. The van der Waals surface area contributed by atoms with Gasteiger partial charge in [-0.3, -0.25) is 53.5 Å². The van der Waals surface area contributed by atoms with Crippen molar-refractivity contribution in [3.05, 3.63) is 53.4 Å². The number of piperidine rings is 1. The number of fused-ring (bicyclic) bond motifs is 1. The number of imide groups is 1. The molecule has 0 bridgehead atoms. The minimum atomic E-state index is -1.06. The summed E-state index contributed by atoms with van der Waals surface area (Å²) in [4.78, 5) is 136. The van der Waals surface area contributed by atoms with Crippen LogP contribution in [0, 0.1) is 29.1 Å². The number of nitrogens with zero attached hydrogens (tertiary/aromatic N) is 4. The zero-order valence-electron chi connectivity index (χ0n) is 42.8. The second-order valence-corrected chi connectivity index (χ2v) is 22.7. The monoisotopic (exact) mass is 1010 g/mol. The van der Waals surface area contributed by atoms with Crippen LogP contribution in [0.15, 0.2) is 30.6 Å². The molecular formula is C54H74N10O9. The number of likely N-dealkylation sites (tertiary alicyclic amines) is 1. The van der Waals surface area contributed by atoms with E-state index in [0.717, 1.165) is 88.4 Å². The number of Topliss-reactive ketones (excluding diaryl/α,β-unsaturated/α-hetero) is 1. The molecule has 0 aromatic carbocycles. The number of amides is 8. The highest BCUT2D eigenvalue weighted by molar-refractivity contribution is 6.38. The fraction of sp³-hybridized carbons (Fsp3) is 0.667. The molecule has 2 aromatic rings. The first-order chi connectivity index (χ1) is 35.0. The van der Waals surface area contributed by atoms with Crippen LogP contribution in [0.5, 0.6) is 0 Å². The van der Waals surface area contributed by atoms with Crippen molar-refractivity contribution in [3.63, 3.8) is 0 Å². The van der Waals surface area contributed by atoms with Crippen molar-refractivity contribution < 1.29 is 43.2 Å². The Morgan fingerprint density at radius 1 is 0.795 bits per heavy atom. The lowest BCUT2D eigenvalue weighted by Gasteiger charge is -2.38. The van der Waals surface area contributed by atoms with E-state index in [1.165, 1.54) is 6.20 Å². The number of aromatic nitrogens is 3. The third-order valence-electron chi connectivity index (χ3n) is 16.1. The molecule has 6 N–H and O–H groups in total. The highest BCUT2D eigenvalue weighted by atomic mass is 16.2. The molecule has 394 valence electrons.